The van der Waals surface area contributed by atoms with Gasteiger partial charge in [0.1, 0.15) is 0 Å². The van der Waals surface area contributed by atoms with Crippen LogP contribution in [0, 0.1) is 17.8 Å². The number of likely N-dealkylation sites (tertiary alicyclic amines) is 1. The van der Waals surface area contributed by atoms with Crippen LogP contribution < -0.4 is 5.32 Å². The number of hydrogen-bond donors (Lipinski definition) is 1. The van der Waals surface area contributed by atoms with Gasteiger partial charge in [-0.1, -0.05) is 20.8 Å². The molecule has 0 aromatic rings. The van der Waals surface area contributed by atoms with Crippen LogP contribution in [0.15, 0.2) is 0 Å². The average Bonchev–Trinajstić information content (AvgIpc) is 3.22. The van der Waals surface area contributed by atoms with Gasteiger partial charge in [0, 0.05) is 37.8 Å². The highest BCUT2D eigenvalue weighted by Crippen LogP contribution is 2.36. The van der Waals surface area contributed by atoms with E-state index in [-0.39, 0.29) is 0 Å². The van der Waals surface area contributed by atoms with Gasteiger partial charge in [-0.2, -0.15) is 0 Å². The lowest BCUT2D eigenvalue weighted by molar-refractivity contribution is -0.00105. The van der Waals surface area contributed by atoms with E-state index in [4.69, 9.17) is 0 Å². The molecule has 1 saturated carbocycles. The Balaban J connectivity index is 1.71. The summed E-state index contributed by atoms with van der Waals surface area (Å²) in [6.45, 7) is 12.3. The molecule has 4 atom stereocenters. The Morgan fingerprint density at radius 2 is 1.85 bits per heavy atom. The van der Waals surface area contributed by atoms with E-state index in [1.165, 1.54) is 45.4 Å². The summed E-state index contributed by atoms with van der Waals surface area (Å²) in [5.74, 6) is 2.55. The van der Waals surface area contributed by atoms with E-state index >= 15 is 0 Å². The van der Waals surface area contributed by atoms with Crippen LogP contribution in [-0.2, 0) is 0 Å². The minimum atomic E-state index is 0.737. The Morgan fingerprint density at radius 3 is 2.45 bits per heavy atom. The maximum Gasteiger partial charge on any atom is 0.0247 e. The quantitative estimate of drug-likeness (QED) is 0.853. The molecule has 3 fully saturated rings. The Kier molecular flexibility index (Phi) is 4.40. The summed E-state index contributed by atoms with van der Waals surface area (Å²) in [4.78, 5) is 5.41. The van der Waals surface area contributed by atoms with Crippen molar-refractivity contribution in [2.45, 2.75) is 58.2 Å². The van der Waals surface area contributed by atoms with Crippen molar-refractivity contribution < 1.29 is 0 Å². The minimum absolute atomic E-state index is 0.737. The van der Waals surface area contributed by atoms with E-state index in [0.29, 0.717) is 0 Å². The summed E-state index contributed by atoms with van der Waals surface area (Å²) in [6, 6.07) is 2.32. The van der Waals surface area contributed by atoms with Crippen molar-refractivity contribution in [3.63, 3.8) is 0 Å². The van der Waals surface area contributed by atoms with Crippen molar-refractivity contribution >= 4 is 0 Å². The first kappa shape index (κ1) is 14.8. The Morgan fingerprint density at radius 1 is 1.10 bits per heavy atom. The molecule has 116 valence electrons. The van der Waals surface area contributed by atoms with Gasteiger partial charge in [0.05, 0.1) is 0 Å². The first-order valence-electron chi connectivity index (χ1n) is 8.74. The third kappa shape index (κ3) is 3.05. The maximum atomic E-state index is 3.85. The lowest BCUT2D eigenvalue weighted by Crippen LogP contribution is -2.64. The van der Waals surface area contributed by atoms with Gasteiger partial charge in [-0.15, -0.1) is 0 Å². The fourth-order valence-corrected chi connectivity index (χ4v) is 4.47. The normalized spacial score (nSPS) is 41.2. The Bertz CT molecular complexity index is 326. The molecule has 1 aliphatic carbocycles. The molecule has 3 aliphatic rings. The fourth-order valence-electron chi connectivity index (χ4n) is 4.47. The summed E-state index contributed by atoms with van der Waals surface area (Å²) in [6.07, 6.45) is 4.28. The molecule has 0 radical (unpaired) electrons. The summed E-state index contributed by atoms with van der Waals surface area (Å²) in [7, 11) is 2.28. The van der Waals surface area contributed by atoms with Gasteiger partial charge in [0.25, 0.3) is 0 Å². The second kappa shape index (κ2) is 5.94. The highest BCUT2D eigenvalue weighted by molar-refractivity contribution is 4.99. The molecule has 3 heteroatoms. The number of rotatable bonds is 3. The van der Waals surface area contributed by atoms with E-state index < -0.39 is 0 Å². The highest BCUT2D eigenvalue weighted by atomic mass is 15.3. The molecule has 0 amide bonds. The molecule has 2 saturated heterocycles. The first-order valence-corrected chi connectivity index (χ1v) is 8.74. The molecular weight excluding hydrogens is 246 g/mol. The molecule has 2 aliphatic heterocycles. The molecule has 0 aromatic heterocycles. The lowest BCUT2D eigenvalue weighted by Gasteiger charge is -2.50. The molecule has 0 aromatic carbocycles. The van der Waals surface area contributed by atoms with Gasteiger partial charge < -0.3 is 10.2 Å². The maximum absolute atomic E-state index is 3.85. The predicted octanol–water partition coefficient (Wildman–Crippen LogP) is 2.04. The molecule has 0 spiro atoms. The van der Waals surface area contributed by atoms with Crippen LogP contribution in [0.2, 0.25) is 0 Å². The topological polar surface area (TPSA) is 18.5 Å². The van der Waals surface area contributed by atoms with Gasteiger partial charge in [-0.3, -0.25) is 4.90 Å². The predicted molar refractivity (Wildman–Crippen MR) is 84.9 cm³/mol. The second-order valence-electron chi connectivity index (χ2n) is 7.96. The largest absolute Gasteiger partial charge is 0.311 e. The number of piperidine rings is 1. The SMILES string of the molecule is CC(C)C1CNC(C2CC2)CN1C1CCN(C)CC1C. The Hall–Kier alpha value is -0.120. The van der Waals surface area contributed by atoms with Gasteiger partial charge in [-0.05, 0) is 50.6 Å². The summed E-state index contributed by atoms with van der Waals surface area (Å²) in [5, 5.41) is 3.85. The average molecular weight is 279 g/mol. The van der Waals surface area contributed by atoms with E-state index in [9.17, 15) is 0 Å². The number of nitrogens with one attached hydrogen (secondary N) is 1. The fraction of sp³-hybridized carbons (Fsp3) is 1.00. The van der Waals surface area contributed by atoms with Gasteiger partial charge in [-0.25, -0.2) is 0 Å². The third-order valence-electron chi connectivity index (χ3n) is 5.87. The van der Waals surface area contributed by atoms with Gasteiger partial charge in [0.2, 0.25) is 0 Å². The summed E-state index contributed by atoms with van der Waals surface area (Å²) >= 11 is 0. The zero-order chi connectivity index (χ0) is 14.3. The number of nitrogens with zero attached hydrogens (tertiary/aromatic N) is 2. The van der Waals surface area contributed by atoms with Gasteiger partial charge >= 0.3 is 0 Å². The van der Waals surface area contributed by atoms with E-state index in [1.54, 1.807) is 0 Å². The highest BCUT2D eigenvalue weighted by Gasteiger charge is 2.42. The van der Waals surface area contributed by atoms with Gasteiger partial charge in [0.15, 0.2) is 0 Å². The van der Waals surface area contributed by atoms with Crippen molar-refractivity contribution in [1.82, 2.24) is 15.1 Å². The van der Waals surface area contributed by atoms with Crippen LogP contribution in [0.1, 0.15) is 40.0 Å². The number of hydrogen-bond acceptors (Lipinski definition) is 3. The number of piperazine rings is 1. The molecule has 2 heterocycles. The van der Waals surface area contributed by atoms with Crippen LogP contribution in [-0.4, -0.2) is 61.2 Å². The van der Waals surface area contributed by atoms with Crippen LogP contribution in [0.25, 0.3) is 0 Å². The van der Waals surface area contributed by atoms with Crippen LogP contribution in [0.3, 0.4) is 0 Å². The van der Waals surface area contributed by atoms with Crippen molar-refractivity contribution in [3.8, 4) is 0 Å². The standard InChI is InChI=1S/C17H33N3/c1-12(2)17-9-18-15(14-5-6-14)11-20(17)16-7-8-19(4)10-13(16)3/h12-18H,5-11H2,1-4H3. The Labute approximate surface area is 125 Å². The van der Waals surface area contributed by atoms with Crippen LogP contribution in [0.4, 0.5) is 0 Å². The lowest BCUT2D eigenvalue weighted by atomic mass is 9.87. The molecule has 3 rings (SSSR count). The smallest absolute Gasteiger partial charge is 0.0247 e. The van der Waals surface area contributed by atoms with Crippen LogP contribution >= 0.6 is 0 Å². The summed E-state index contributed by atoms with van der Waals surface area (Å²) in [5.41, 5.74) is 0. The second-order valence-corrected chi connectivity index (χ2v) is 7.96. The van der Waals surface area contributed by atoms with Crippen molar-refractivity contribution in [2.75, 3.05) is 33.2 Å². The minimum Gasteiger partial charge on any atom is -0.311 e. The van der Waals surface area contributed by atoms with Crippen LogP contribution in [0.5, 0.6) is 0 Å². The summed E-state index contributed by atoms with van der Waals surface area (Å²) < 4.78 is 0. The molecule has 20 heavy (non-hydrogen) atoms. The molecular formula is C17H33N3. The third-order valence-corrected chi connectivity index (χ3v) is 5.87. The van der Waals surface area contributed by atoms with E-state index in [1.807, 2.05) is 0 Å². The zero-order valence-corrected chi connectivity index (χ0v) is 13.8. The molecule has 1 N–H and O–H groups in total. The van der Waals surface area contributed by atoms with Crippen molar-refractivity contribution in [1.29, 1.82) is 0 Å². The zero-order valence-electron chi connectivity index (χ0n) is 13.8. The van der Waals surface area contributed by atoms with Crippen molar-refractivity contribution in [3.05, 3.63) is 0 Å². The molecule has 0 bridgehead atoms. The molecule has 4 unspecified atom stereocenters. The molecule has 3 nitrogen and oxygen atoms in total. The van der Waals surface area contributed by atoms with E-state index in [2.05, 4.69) is 42.9 Å². The monoisotopic (exact) mass is 279 g/mol. The van der Waals surface area contributed by atoms with Crippen molar-refractivity contribution in [2.24, 2.45) is 17.8 Å². The van der Waals surface area contributed by atoms with E-state index in [0.717, 1.165) is 35.9 Å². The first-order chi connectivity index (χ1) is 9.56.